The lowest BCUT2D eigenvalue weighted by Gasteiger charge is -2.16. The highest BCUT2D eigenvalue weighted by atomic mass is 15.3. The van der Waals surface area contributed by atoms with E-state index < -0.39 is 0 Å². The van der Waals surface area contributed by atoms with Crippen molar-refractivity contribution in [2.75, 3.05) is 0 Å². The van der Waals surface area contributed by atoms with Crippen LogP contribution in [0.25, 0.3) is 101 Å². The van der Waals surface area contributed by atoms with Gasteiger partial charge in [0.25, 0.3) is 0 Å². The molecule has 72 heavy (non-hydrogen) atoms. The Labute approximate surface area is 412 Å². The Morgan fingerprint density at radius 3 is 0.625 bits per heavy atom. The molecule has 0 saturated heterocycles. The maximum absolute atomic E-state index is 4.95. The lowest BCUT2D eigenvalue weighted by molar-refractivity contribution is 0.788. The average molecular weight is 940 g/mol. The van der Waals surface area contributed by atoms with Crippen molar-refractivity contribution in [2.24, 2.45) is 0 Å². The van der Waals surface area contributed by atoms with E-state index in [4.69, 9.17) is 44.9 Å². The maximum Gasteiger partial charge on any atom is 0.242 e. The minimum absolute atomic E-state index is 0.482. The lowest BCUT2D eigenvalue weighted by atomic mass is 10.2. The summed E-state index contributed by atoms with van der Waals surface area (Å²) in [5.74, 6) is 6.65. The third-order valence-electron chi connectivity index (χ3n) is 13.2. The average Bonchev–Trinajstić information content (AvgIpc) is 4.23. The van der Waals surface area contributed by atoms with Gasteiger partial charge in [0.2, 0.25) is 17.8 Å². The van der Waals surface area contributed by atoms with Crippen LogP contribution in [0.1, 0.15) is 34.9 Å². The zero-order valence-corrected chi connectivity index (χ0v) is 40.3. The van der Waals surface area contributed by atoms with Crippen molar-refractivity contribution in [2.45, 2.75) is 41.5 Å². The highest BCUT2D eigenvalue weighted by Crippen LogP contribution is 2.32. The summed E-state index contributed by atoms with van der Waals surface area (Å²) in [5.41, 5.74) is 14.8. The first kappa shape index (κ1) is 42.5. The number of hydrogen-bond acceptors (Lipinski definition) is 9. The van der Waals surface area contributed by atoms with Gasteiger partial charge in [-0.1, -0.05) is 72.8 Å². The molecule has 0 N–H and O–H groups in total. The molecule has 15 heteroatoms. The first-order valence-corrected chi connectivity index (χ1v) is 23.7. The number of fused-ring (bicyclic) bond motifs is 6. The molecule has 0 aliphatic heterocycles. The second-order valence-corrected chi connectivity index (χ2v) is 17.8. The number of benzene rings is 7. The van der Waals surface area contributed by atoms with Gasteiger partial charge in [0.1, 0.15) is 34.9 Å². The molecule has 0 amide bonds. The molecule has 0 fully saturated rings. The molecule has 348 valence electrons. The molecule has 0 spiro atoms. The molecule has 14 aromatic rings. The molecular weight excluding hydrogens is 895 g/mol. The van der Waals surface area contributed by atoms with Gasteiger partial charge in [-0.3, -0.25) is 27.4 Å². The maximum atomic E-state index is 4.95. The molecule has 0 radical (unpaired) electrons. The van der Waals surface area contributed by atoms with Gasteiger partial charge in [-0.25, -0.2) is 29.9 Å². The third-order valence-corrected chi connectivity index (χ3v) is 13.2. The summed E-state index contributed by atoms with van der Waals surface area (Å²) in [6.07, 6.45) is 0. The first-order valence-electron chi connectivity index (χ1n) is 23.7. The van der Waals surface area contributed by atoms with E-state index in [-0.39, 0.29) is 0 Å². The zero-order chi connectivity index (χ0) is 48.8. The van der Waals surface area contributed by atoms with E-state index in [9.17, 15) is 0 Å². The van der Waals surface area contributed by atoms with Gasteiger partial charge in [0.15, 0.2) is 0 Å². The van der Waals surface area contributed by atoms with Crippen molar-refractivity contribution >= 4 is 66.2 Å². The summed E-state index contributed by atoms with van der Waals surface area (Å²) < 4.78 is 12.6. The van der Waals surface area contributed by atoms with E-state index >= 15 is 0 Å². The fraction of sp³-hybridized carbons (Fsp3) is 0.105. The van der Waals surface area contributed by atoms with Gasteiger partial charge in [0, 0.05) is 0 Å². The fourth-order valence-electron chi connectivity index (χ4n) is 10.2. The predicted molar refractivity (Wildman–Crippen MR) is 282 cm³/mol. The Balaban J connectivity index is 0.000000140. The van der Waals surface area contributed by atoms with Crippen molar-refractivity contribution in [3.05, 3.63) is 199 Å². The van der Waals surface area contributed by atoms with E-state index in [0.717, 1.165) is 118 Å². The number of hydrogen-bond donors (Lipinski definition) is 0. The number of aryl methyl sites for hydroxylation is 6. The SMILES string of the molecule is Cc1nc2ccccc2n1-c1cc(-n2c(C)nc3ccccc32)cc(-n2c(C)nc3ccccc32)c1.Cc1nc2ccccc2n1-c1nc(-n2c(C)nc3ccccc32)nc(-n2c(C)nc3ccccc32)n1. The first-order chi connectivity index (χ1) is 35.2. The Bertz CT molecular complexity index is 3690. The van der Waals surface area contributed by atoms with Gasteiger partial charge >= 0.3 is 0 Å². The number of rotatable bonds is 6. The second-order valence-electron chi connectivity index (χ2n) is 17.8. The van der Waals surface area contributed by atoms with Crippen molar-refractivity contribution in [1.29, 1.82) is 0 Å². The van der Waals surface area contributed by atoms with Crippen LogP contribution in [0.4, 0.5) is 0 Å². The van der Waals surface area contributed by atoms with E-state index in [1.54, 1.807) is 0 Å². The van der Waals surface area contributed by atoms with E-state index in [1.807, 2.05) is 125 Å². The molecule has 0 saturated carbocycles. The third kappa shape index (κ3) is 6.84. The molecule has 0 aliphatic rings. The van der Waals surface area contributed by atoms with Crippen molar-refractivity contribution in [3.8, 4) is 34.9 Å². The number of para-hydroxylation sites is 12. The van der Waals surface area contributed by atoms with Crippen LogP contribution in [0.5, 0.6) is 0 Å². The fourth-order valence-corrected chi connectivity index (χ4v) is 10.2. The van der Waals surface area contributed by atoms with Gasteiger partial charge in [-0.05, 0) is 133 Å². The molecule has 7 aromatic carbocycles. The Kier molecular flexibility index (Phi) is 9.74. The van der Waals surface area contributed by atoms with Crippen LogP contribution in [0.3, 0.4) is 0 Å². The molecule has 15 nitrogen and oxygen atoms in total. The number of aromatic nitrogens is 15. The van der Waals surface area contributed by atoms with Crippen LogP contribution < -0.4 is 0 Å². The largest absolute Gasteiger partial charge is 0.296 e. The zero-order valence-electron chi connectivity index (χ0n) is 40.3. The highest BCUT2D eigenvalue weighted by Gasteiger charge is 2.22. The Morgan fingerprint density at radius 2 is 0.403 bits per heavy atom. The molecule has 0 atom stereocenters. The quantitative estimate of drug-likeness (QED) is 0.159. The normalized spacial score (nSPS) is 11.8. The Morgan fingerprint density at radius 1 is 0.222 bits per heavy atom. The van der Waals surface area contributed by atoms with Crippen molar-refractivity contribution in [1.82, 2.24) is 72.3 Å². The second kappa shape index (κ2) is 16.5. The van der Waals surface area contributed by atoms with Crippen LogP contribution in [0, 0.1) is 41.5 Å². The van der Waals surface area contributed by atoms with Gasteiger partial charge in [-0.15, -0.1) is 0 Å². The highest BCUT2D eigenvalue weighted by molar-refractivity contribution is 5.84. The molecule has 0 bridgehead atoms. The van der Waals surface area contributed by atoms with Crippen molar-refractivity contribution < 1.29 is 0 Å². The van der Waals surface area contributed by atoms with Gasteiger partial charge in [0.05, 0.1) is 83.3 Å². The van der Waals surface area contributed by atoms with E-state index in [1.165, 1.54) is 0 Å². The number of nitrogens with zero attached hydrogens (tertiary/aromatic N) is 15. The van der Waals surface area contributed by atoms with Gasteiger partial charge < -0.3 is 0 Å². The molecule has 7 aromatic heterocycles. The van der Waals surface area contributed by atoms with Crippen LogP contribution in [-0.2, 0) is 0 Å². The predicted octanol–water partition coefficient (Wildman–Crippen LogP) is 11.4. The minimum Gasteiger partial charge on any atom is -0.296 e. The summed E-state index contributed by atoms with van der Waals surface area (Å²) in [6.45, 7) is 12.0. The smallest absolute Gasteiger partial charge is 0.242 e. The van der Waals surface area contributed by atoms with Crippen LogP contribution in [0.2, 0.25) is 0 Å². The standard InChI is InChI=1S/C30H24N6.C27H21N9/c1-19-31-25-10-4-7-13-28(25)34(19)22-16-23(35-20(2)32-26-11-5-8-14-29(26)35)18-24(17-22)36-21(3)33-27-12-6-9-15-30(27)36;1-16-28-19-10-4-7-13-22(19)34(16)25-31-26(35-17(2)29-20-11-5-8-14-23(20)35)33-27(32-25)36-18(3)30-21-12-6-9-15-24(21)36/h4-18H,1-3H3;4-15H,1-3H3. The van der Waals surface area contributed by atoms with Crippen LogP contribution >= 0.6 is 0 Å². The number of imidazole rings is 6. The molecule has 0 aliphatic carbocycles. The summed E-state index contributed by atoms with van der Waals surface area (Å²) in [4.78, 5) is 43.6. The van der Waals surface area contributed by atoms with Gasteiger partial charge in [-0.2, -0.15) is 15.0 Å². The molecule has 7 heterocycles. The van der Waals surface area contributed by atoms with E-state index in [2.05, 4.69) is 107 Å². The Hall–Kier alpha value is -9.63. The minimum atomic E-state index is 0.482. The molecule has 0 unspecified atom stereocenters. The van der Waals surface area contributed by atoms with Crippen molar-refractivity contribution in [3.63, 3.8) is 0 Å². The topological polar surface area (TPSA) is 146 Å². The monoisotopic (exact) mass is 939 g/mol. The molecule has 14 rings (SSSR count). The van der Waals surface area contributed by atoms with Crippen LogP contribution in [0.15, 0.2) is 164 Å². The summed E-state index contributed by atoms with van der Waals surface area (Å²) in [7, 11) is 0. The molecular formula is C57H45N15. The van der Waals surface area contributed by atoms with E-state index in [0.29, 0.717) is 17.8 Å². The van der Waals surface area contributed by atoms with Crippen LogP contribution in [-0.4, -0.2) is 72.3 Å². The summed E-state index contributed by atoms with van der Waals surface area (Å²) in [5, 5.41) is 0. The lowest BCUT2D eigenvalue weighted by Crippen LogP contribution is -2.15. The summed E-state index contributed by atoms with van der Waals surface area (Å²) in [6, 6.07) is 55.4. The summed E-state index contributed by atoms with van der Waals surface area (Å²) >= 11 is 0.